The Morgan fingerprint density at radius 3 is 2.66 bits per heavy atom. The first-order chi connectivity index (χ1) is 16.8. The number of carbonyl (C=O) groups is 1. The first-order valence-corrected chi connectivity index (χ1v) is 13.3. The molecule has 0 bridgehead atoms. The molecule has 0 saturated carbocycles. The minimum Gasteiger partial charge on any atom is -0.467 e. The van der Waals surface area contributed by atoms with Crippen LogP contribution in [0.3, 0.4) is 0 Å². The van der Waals surface area contributed by atoms with E-state index in [0.717, 1.165) is 46.9 Å². The van der Waals surface area contributed by atoms with Gasteiger partial charge in [0.1, 0.15) is 5.76 Å². The molecule has 0 amide bonds. The summed E-state index contributed by atoms with van der Waals surface area (Å²) in [7, 11) is 1.70. The Kier molecular flexibility index (Phi) is 8.06. The van der Waals surface area contributed by atoms with E-state index in [0.29, 0.717) is 30.7 Å². The summed E-state index contributed by atoms with van der Waals surface area (Å²) in [5, 5.41) is 9.80. The van der Waals surface area contributed by atoms with Crippen molar-refractivity contribution in [3.05, 3.63) is 47.2 Å². The maximum atomic E-state index is 13.3. The third kappa shape index (κ3) is 5.67. The zero-order valence-corrected chi connectivity index (χ0v) is 22.5. The third-order valence-electron chi connectivity index (χ3n) is 6.71. The van der Waals surface area contributed by atoms with E-state index < -0.39 is 0 Å². The number of ketones is 1. The van der Waals surface area contributed by atoms with Gasteiger partial charge in [-0.3, -0.25) is 9.36 Å². The number of anilines is 1. The number of thioether (sulfide) groups is 1. The summed E-state index contributed by atoms with van der Waals surface area (Å²) in [5.74, 6) is 3.27. The fourth-order valence-electron chi connectivity index (χ4n) is 5.41. The van der Waals surface area contributed by atoms with Gasteiger partial charge in [0.2, 0.25) is 5.95 Å². The summed E-state index contributed by atoms with van der Waals surface area (Å²) < 4.78 is 15.2. The standard InChI is InChI=1S/C26H37N5O3S/c1-17-10-18(2)13-29(12-17)25-27-28-26(30(25)14-22-8-7-9-34-22)35-16-24(32)23-11-19(3)31(21(23)5)20(4)15-33-6/h7-9,11,17-18,20H,10,12-16H2,1-6H3. The van der Waals surface area contributed by atoms with E-state index in [2.05, 4.69) is 45.0 Å². The van der Waals surface area contributed by atoms with Gasteiger partial charge in [-0.1, -0.05) is 25.6 Å². The molecular weight excluding hydrogens is 462 g/mol. The molecule has 4 rings (SSSR count). The number of carbonyl (C=O) groups excluding carboxylic acids is 1. The van der Waals surface area contributed by atoms with Crippen molar-refractivity contribution in [2.75, 3.05) is 37.5 Å². The molecule has 35 heavy (non-hydrogen) atoms. The second-order valence-corrected chi connectivity index (χ2v) is 10.9. The Morgan fingerprint density at radius 2 is 2.00 bits per heavy atom. The second-order valence-electron chi connectivity index (χ2n) is 9.97. The summed E-state index contributed by atoms with van der Waals surface area (Å²) in [5.41, 5.74) is 2.80. The normalized spacial score (nSPS) is 19.3. The Hall–Kier alpha value is -2.52. The molecular formula is C26H37N5O3S. The lowest BCUT2D eigenvalue weighted by atomic mass is 9.92. The smallest absolute Gasteiger partial charge is 0.228 e. The van der Waals surface area contributed by atoms with Gasteiger partial charge in [0.25, 0.3) is 0 Å². The lowest BCUT2D eigenvalue weighted by molar-refractivity contribution is 0.102. The molecule has 0 aromatic carbocycles. The van der Waals surface area contributed by atoms with E-state index in [-0.39, 0.29) is 11.8 Å². The van der Waals surface area contributed by atoms with Crippen LogP contribution >= 0.6 is 11.8 Å². The average molecular weight is 500 g/mol. The molecule has 3 aromatic heterocycles. The zero-order valence-electron chi connectivity index (χ0n) is 21.7. The summed E-state index contributed by atoms with van der Waals surface area (Å²) in [6.45, 7) is 13.8. The number of hydrogen-bond acceptors (Lipinski definition) is 7. The molecule has 9 heteroatoms. The predicted octanol–water partition coefficient (Wildman–Crippen LogP) is 5.00. The number of piperidine rings is 1. The Balaban J connectivity index is 1.55. The highest BCUT2D eigenvalue weighted by atomic mass is 32.2. The van der Waals surface area contributed by atoms with Crippen LogP contribution in [0.2, 0.25) is 0 Å². The van der Waals surface area contributed by atoms with E-state index in [4.69, 9.17) is 9.15 Å². The van der Waals surface area contributed by atoms with Gasteiger partial charge in [0, 0.05) is 37.2 Å². The average Bonchev–Trinajstić information content (AvgIpc) is 3.52. The van der Waals surface area contributed by atoms with Gasteiger partial charge >= 0.3 is 0 Å². The molecule has 190 valence electrons. The fraction of sp³-hybridized carbons (Fsp3) is 0.577. The number of hydrogen-bond donors (Lipinski definition) is 0. The summed E-state index contributed by atoms with van der Waals surface area (Å²) in [6.07, 6.45) is 2.90. The van der Waals surface area contributed by atoms with E-state index in [1.54, 1.807) is 13.4 Å². The molecule has 1 aliphatic heterocycles. The third-order valence-corrected chi connectivity index (χ3v) is 7.68. The van der Waals surface area contributed by atoms with E-state index in [9.17, 15) is 4.79 Å². The number of furan rings is 1. The van der Waals surface area contributed by atoms with Crippen LogP contribution in [-0.4, -0.2) is 57.7 Å². The predicted molar refractivity (Wildman–Crippen MR) is 139 cm³/mol. The highest BCUT2D eigenvalue weighted by Gasteiger charge is 2.27. The minimum absolute atomic E-state index is 0.0910. The van der Waals surface area contributed by atoms with Gasteiger partial charge in [-0.2, -0.15) is 0 Å². The first-order valence-electron chi connectivity index (χ1n) is 12.3. The van der Waals surface area contributed by atoms with Crippen LogP contribution in [0.15, 0.2) is 34.0 Å². The molecule has 3 atom stereocenters. The first kappa shape index (κ1) is 25.6. The van der Waals surface area contributed by atoms with Crippen LogP contribution < -0.4 is 4.90 Å². The summed E-state index contributed by atoms with van der Waals surface area (Å²) in [6, 6.07) is 6.00. The van der Waals surface area contributed by atoms with Gasteiger partial charge in [-0.25, -0.2) is 0 Å². The summed E-state index contributed by atoms with van der Waals surface area (Å²) >= 11 is 1.44. The number of aryl methyl sites for hydroxylation is 1. The highest BCUT2D eigenvalue weighted by molar-refractivity contribution is 7.99. The van der Waals surface area contributed by atoms with Gasteiger partial charge in [0.05, 0.1) is 31.2 Å². The maximum absolute atomic E-state index is 13.3. The second kappa shape index (κ2) is 11.0. The lowest BCUT2D eigenvalue weighted by Crippen LogP contribution is -2.40. The van der Waals surface area contributed by atoms with Crippen molar-refractivity contribution in [1.29, 1.82) is 0 Å². The Morgan fingerprint density at radius 1 is 1.26 bits per heavy atom. The number of methoxy groups -OCH3 is 1. The van der Waals surface area contributed by atoms with Crippen molar-refractivity contribution in [2.24, 2.45) is 11.8 Å². The van der Waals surface area contributed by atoms with Crippen LogP contribution in [0.25, 0.3) is 0 Å². The van der Waals surface area contributed by atoms with Crippen molar-refractivity contribution in [3.63, 3.8) is 0 Å². The Bertz CT molecular complexity index is 1130. The molecule has 0 spiro atoms. The monoisotopic (exact) mass is 499 g/mol. The number of aromatic nitrogens is 4. The maximum Gasteiger partial charge on any atom is 0.228 e. The van der Waals surface area contributed by atoms with Gasteiger partial charge in [-0.15, -0.1) is 10.2 Å². The minimum atomic E-state index is 0.0910. The SMILES string of the molecule is COCC(C)n1c(C)cc(C(=O)CSc2nnc(N3CC(C)CC(C)C3)n2Cc2ccco2)c1C. The molecule has 0 radical (unpaired) electrons. The van der Waals surface area contributed by atoms with Crippen molar-refractivity contribution >= 4 is 23.5 Å². The molecule has 0 N–H and O–H groups in total. The molecule has 4 heterocycles. The van der Waals surface area contributed by atoms with Crippen LogP contribution in [0.4, 0.5) is 5.95 Å². The van der Waals surface area contributed by atoms with Gasteiger partial charge < -0.3 is 18.6 Å². The lowest BCUT2D eigenvalue weighted by Gasteiger charge is -2.35. The fourth-order valence-corrected chi connectivity index (χ4v) is 6.22. The van der Waals surface area contributed by atoms with Gasteiger partial charge in [-0.05, 0) is 57.2 Å². The van der Waals surface area contributed by atoms with Gasteiger partial charge in [0.15, 0.2) is 10.9 Å². The van der Waals surface area contributed by atoms with Crippen molar-refractivity contribution < 1.29 is 13.9 Å². The molecule has 3 aromatic rings. The van der Waals surface area contributed by atoms with E-state index >= 15 is 0 Å². The topological polar surface area (TPSA) is 78.3 Å². The van der Waals surface area contributed by atoms with Crippen molar-refractivity contribution in [2.45, 2.75) is 58.8 Å². The van der Waals surface area contributed by atoms with E-state index in [1.165, 1.54) is 18.2 Å². The molecule has 1 saturated heterocycles. The van der Waals surface area contributed by atoms with Crippen molar-refractivity contribution in [1.82, 2.24) is 19.3 Å². The highest BCUT2D eigenvalue weighted by Crippen LogP contribution is 2.30. The molecule has 8 nitrogen and oxygen atoms in total. The number of rotatable bonds is 10. The van der Waals surface area contributed by atoms with E-state index in [1.807, 2.05) is 32.0 Å². The van der Waals surface area contributed by atoms with Crippen LogP contribution in [0, 0.1) is 25.7 Å². The summed E-state index contributed by atoms with van der Waals surface area (Å²) in [4.78, 5) is 15.6. The van der Waals surface area contributed by atoms with Crippen molar-refractivity contribution in [3.8, 4) is 0 Å². The zero-order chi connectivity index (χ0) is 25.1. The molecule has 1 fully saturated rings. The number of ether oxygens (including phenoxy) is 1. The molecule has 3 unspecified atom stereocenters. The number of Topliss-reactive ketones (excluding diaryl/α,β-unsaturated/α-hetero) is 1. The molecule has 1 aliphatic rings. The van der Waals surface area contributed by atoms with Crippen LogP contribution in [-0.2, 0) is 11.3 Å². The largest absolute Gasteiger partial charge is 0.467 e. The quantitative estimate of drug-likeness (QED) is 0.287. The molecule has 0 aliphatic carbocycles. The van der Waals surface area contributed by atoms with Crippen LogP contribution in [0.5, 0.6) is 0 Å². The Labute approximate surface area is 212 Å². The number of nitrogens with zero attached hydrogens (tertiary/aromatic N) is 5. The van der Waals surface area contributed by atoms with Crippen LogP contribution in [0.1, 0.15) is 60.7 Å².